The van der Waals surface area contributed by atoms with Gasteiger partial charge in [0.15, 0.2) is 0 Å². The number of nitrogens with zero attached hydrogens (tertiary/aromatic N) is 1. The number of rotatable bonds is 4. The predicted octanol–water partition coefficient (Wildman–Crippen LogP) is 2.69. The minimum Gasteiger partial charge on any atom is -0.301 e. The SMILES string of the molecule is O=C1CC(NCc2ccsc2)C(=O)N1C1CCCCCC1. The van der Waals surface area contributed by atoms with Crippen LogP contribution in [-0.2, 0) is 16.1 Å². The maximum atomic E-state index is 12.5. The lowest BCUT2D eigenvalue weighted by molar-refractivity contribution is -0.141. The highest BCUT2D eigenvalue weighted by Crippen LogP contribution is 2.26. The summed E-state index contributed by atoms with van der Waals surface area (Å²) in [7, 11) is 0. The Balaban J connectivity index is 1.61. The lowest BCUT2D eigenvalue weighted by Gasteiger charge is -2.25. The number of hydrogen-bond donors (Lipinski definition) is 1. The first-order valence-corrected chi connectivity index (χ1v) is 8.80. The first-order valence-electron chi connectivity index (χ1n) is 7.86. The Labute approximate surface area is 129 Å². The summed E-state index contributed by atoms with van der Waals surface area (Å²) < 4.78 is 0. The van der Waals surface area contributed by atoms with Crippen LogP contribution < -0.4 is 5.32 Å². The van der Waals surface area contributed by atoms with Crippen LogP contribution in [0.15, 0.2) is 16.8 Å². The number of amides is 2. The first kappa shape index (κ1) is 14.7. The molecule has 4 nitrogen and oxygen atoms in total. The second-order valence-corrected chi connectivity index (χ2v) is 6.80. The molecule has 0 radical (unpaired) electrons. The summed E-state index contributed by atoms with van der Waals surface area (Å²) >= 11 is 1.65. The Hall–Kier alpha value is -1.20. The monoisotopic (exact) mass is 306 g/mol. The van der Waals surface area contributed by atoms with Gasteiger partial charge in [0, 0.05) is 12.6 Å². The Morgan fingerprint density at radius 1 is 1.19 bits per heavy atom. The zero-order chi connectivity index (χ0) is 14.7. The van der Waals surface area contributed by atoms with Crippen molar-refractivity contribution in [1.82, 2.24) is 10.2 Å². The van der Waals surface area contributed by atoms with E-state index in [1.54, 1.807) is 16.2 Å². The van der Waals surface area contributed by atoms with Crippen LogP contribution in [-0.4, -0.2) is 28.8 Å². The number of nitrogens with one attached hydrogen (secondary N) is 1. The molecule has 1 aliphatic heterocycles. The number of carbonyl (C=O) groups is 2. The number of likely N-dealkylation sites (tertiary alicyclic amines) is 1. The van der Waals surface area contributed by atoms with Crippen LogP contribution in [0, 0.1) is 0 Å². The van der Waals surface area contributed by atoms with Crippen LogP contribution in [0.1, 0.15) is 50.5 Å². The van der Waals surface area contributed by atoms with Gasteiger partial charge in [-0.3, -0.25) is 14.5 Å². The third-order valence-corrected chi connectivity index (χ3v) is 5.24. The van der Waals surface area contributed by atoms with Crippen molar-refractivity contribution in [3.05, 3.63) is 22.4 Å². The van der Waals surface area contributed by atoms with Crippen molar-refractivity contribution in [2.75, 3.05) is 0 Å². The van der Waals surface area contributed by atoms with E-state index in [4.69, 9.17) is 0 Å². The van der Waals surface area contributed by atoms with Gasteiger partial charge in [-0.25, -0.2) is 0 Å². The summed E-state index contributed by atoms with van der Waals surface area (Å²) in [5.74, 6) is -0.00292. The van der Waals surface area contributed by atoms with Crippen molar-refractivity contribution >= 4 is 23.2 Å². The van der Waals surface area contributed by atoms with Crippen molar-refractivity contribution in [2.24, 2.45) is 0 Å². The molecule has 3 rings (SSSR count). The molecule has 21 heavy (non-hydrogen) atoms. The minimum absolute atomic E-state index is 0.00900. The molecular formula is C16H22N2O2S. The molecule has 2 amide bonds. The van der Waals surface area contributed by atoms with E-state index < -0.39 is 0 Å². The van der Waals surface area contributed by atoms with Crippen molar-refractivity contribution < 1.29 is 9.59 Å². The fourth-order valence-corrected chi connectivity index (χ4v) is 4.01. The van der Waals surface area contributed by atoms with Crippen LogP contribution in [0.2, 0.25) is 0 Å². The molecule has 1 aromatic rings. The normalized spacial score (nSPS) is 24.6. The molecular weight excluding hydrogens is 284 g/mol. The first-order chi connectivity index (χ1) is 10.3. The molecule has 114 valence electrons. The number of carbonyl (C=O) groups excluding carboxylic acids is 2. The maximum Gasteiger partial charge on any atom is 0.247 e. The molecule has 1 aliphatic carbocycles. The standard InChI is InChI=1S/C16H22N2O2S/c19-15-9-14(17-10-12-7-8-21-11-12)16(20)18(15)13-5-3-1-2-4-6-13/h7-8,11,13-14,17H,1-6,9-10H2. The van der Waals surface area contributed by atoms with Gasteiger partial charge < -0.3 is 5.32 Å². The minimum atomic E-state index is -0.333. The molecule has 5 heteroatoms. The van der Waals surface area contributed by atoms with Gasteiger partial charge in [-0.1, -0.05) is 25.7 Å². The molecule has 1 atom stereocenters. The zero-order valence-corrected chi connectivity index (χ0v) is 13.0. The van der Waals surface area contributed by atoms with Crippen molar-refractivity contribution in [3.63, 3.8) is 0 Å². The summed E-state index contributed by atoms with van der Waals surface area (Å²) in [6.07, 6.45) is 7.01. The van der Waals surface area contributed by atoms with E-state index in [9.17, 15) is 9.59 Å². The van der Waals surface area contributed by atoms with Gasteiger partial charge in [-0.15, -0.1) is 0 Å². The van der Waals surface area contributed by atoms with E-state index in [-0.39, 0.29) is 23.9 Å². The van der Waals surface area contributed by atoms with E-state index in [0.29, 0.717) is 13.0 Å². The van der Waals surface area contributed by atoms with Crippen LogP contribution >= 0.6 is 11.3 Å². The molecule has 1 unspecified atom stereocenters. The van der Waals surface area contributed by atoms with Crippen LogP contribution in [0.5, 0.6) is 0 Å². The Bertz CT molecular complexity index is 492. The number of thiophene rings is 1. The highest BCUT2D eigenvalue weighted by Gasteiger charge is 2.41. The third kappa shape index (κ3) is 3.35. The van der Waals surface area contributed by atoms with Gasteiger partial charge in [0.1, 0.15) is 0 Å². The molecule has 1 N–H and O–H groups in total. The van der Waals surface area contributed by atoms with Gasteiger partial charge >= 0.3 is 0 Å². The second-order valence-electron chi connectivity index (χ2n) is 6.02. The lowest BCUT2D eigenvalue weighted by Crippen LogP contribution is -2.43. The molecule has 1 aromatic heterocycles. The quantitative estimate of drug-likeness (QED) is 0.687. The topological polar surface area (TPSA) is 49.4 Å². The van der Waals surface area contributed by atoms with E-state index in [2.05, 4.69) is 10.7 Å². The zero-order valence-electron chi connectivity index (χ0n) is 12.2. The highest BCUT2D eigenvalue weighted by molar-refractivity contribution is 7.07. The van der Waals surface area contributed by atoms with Crippen LogP contribution in [0.3, 0.4) is 0 Å². The second kappa shape index (κ2) is 6.71. The smallest absolute Gasteiger partial charge is 0.247 e. The third-order valence-electron chi connectivity index (χ3n) is 4.51. The van der Waals surface area contributed by atoms with Gasteiger partial charge in [0.25, 0.3) is 0 Å². The average Bonchev–Trinajstić information content (AvgIpc) is 2.98. The van der Waals surface area contributed by atoms with E-state index >= 15 is 0 Å². The lowest BCUT2D eigenvalue weighted by atomic mass is 10.1. The molecule has 1 saturated heterocycles. The highest BCUT2D eigenvalue weighted by atomic mass is 32.1. The van der Waals surface area contributed by atoms with Crippen molar-refractivity contribution in [2.45, 2.75) is 63.6 Å². The van der Waals surface area contributed by atoms with Gasteiger partial charge in [-0.2, -0.15) is 11.3 Å². The van der Waals surface area contributed by atoms with Crippen LogP contribution in [0.25, 0.3) is 0 Å². The Kier molecular flexibility index (Phi) is 4.70. The molecule has 2 heterocycles. The van der Waals surface area contributed by atoms with Crippen molar-refractivity contribution in [1.29, 1.82) is 0 Å². The summed E-state index contributed by atoms with van der Waals surface area (Å²) in [6.45, 7) is 0.658. The molecule has 2 aliphatic rings. The fourth-order valence-electron chi connectivity index (χ4n) is 3.34. The van der Waals surface area contributed by atoms with Crippen molar-refractivity contribution in [3.8, 4) is 0 Å². The molecule has 2 fully saturated rings. The van der Waals surface area contributed by atoms with Gasteiger partial charge in [0.2, 0.25) is 11.8 Å². The molecule has 0 spiro atoms. The average molecular weight is 306 g/mol. The number of hydrogen-bond acceptors (Lipinski definition) is 4. The predicted molar refractivity (Wildman–Crippen MR) is 82.9 cm³/mol. The number of imide groups is 1. The Morgan fingerprint density at radius 2 is 1.95 bits per heavy atom. The fraction of sp³-hybridized carbons (Fsp3) is 0.625. The Morgan fingerprint density at radius 3 is 2.62 bits per heavy atom. The van der Waals surface area contributed by atoms with E-state index in [1.165, 1.54) is 18.4 Å². The largest absolute Gasteiger partial charge is 0.301 e. The van der Waals surface area contributed by atoms with Gasteiger partial charge in [-0.05, 0) is 35.2 Å². The summed E-state index contributed by atoms with van der Waals surface area (Å²) in [5.41, 5.74) is 1.17. The molecule has 0 bridgehead atoms. The van der Waals surface area contributed by atoms with E-state index in [1.807, 2.05) is 11.4 Å². The summed E-state index contributed by atoms with van der Waals surface area (Å²) in [5, 5.41) is 7.33. The summed E-state index contributed by atoms with van der Waals surface area (Å²) in [6, 6.07) is 1.85. The van der Waals surface area contributed by atoms with Crippen LogP contribution in [0.4, 0.5) is 0 Å². The van der Waals surface area contributed by atoms with E-state index in [0.717, 1.165) is 25.7 Å². The maximum absolute atomic E-state index is 12.5. The summed E-state index contributed by atoms with van der Waals surface area (Å²) in [4.78, 5) is 26.3. The molecule has 0 aromatic carbocycles. The molecule has 1 saturated carbocycles. The van der Waals surface area contributed by atoms with Gasteiger partial charge in [0.05, 0.1) is 12.5 Å².